The third-order valence-corrected chi connectivity index (χ3v) is 4.87. The predicted octanol–water partition coefficient (Wildman–Crippen LogP) is 3.47. The third-order valence-electron chi connectivity index (χ3n) is 4.87. The van der Waals surface area contributed by atoms with Crippen LogP contribution in [-0.4, -0.2) is 24.9 Å². The second-order valence-corrected chi connectivity index (χ2v) is 7.75. The maximum Gasteiger partial charge on any atom is 0.132 e. The second-order valence-electron chi connectivity index (χ2n) is 7.75. The first-order valence-corrected chi connectivity index (χ1v) is 11.0. The zero-order valence-corrected chi connectivity index (χ0v) is 17.4. The van der Waals surface area contributed by atoms with Gasteiger partial charge in [0.05, 0.1) is 6.04 Å². The molecular formula is C21H47N5. The van der Waals surface area contributed by atoms with Crippen LogP contribution < -0.4 is 28.3 Å². The molecule has 0 aromatic heterocycles. The minimum atomic E-state index is -1.30. The van der Waals surface area contributed by atoms with E-state index in [9.17, 15) is 0 Å². The van der Waals surface area contributed by atoms with Crippen LogP contribution in [0.5, 0.6) is 0 Å². The fourth-order valence-electron chi connectivity index (χ4n) is 2.93. The largest absolute Gasteiger partial charge is 0.323 e. The van der Waals surface area contributed by atoms with E-state index in [1.807, 2.05) is 0 Å². The van der Waals surface area contributed by atoms with Crippen LogP contribution in [0.2, 0.25) is 0 Å². The summed E-state index contributed by atoms with van der Waals surface area (Å²) in [5, 5.41) is 3.27. The summed E-state index contributed by atoms with van der Waals surface area (Å²) in [4.78, 5) is 0. The summed E-state index contributed by atoms with van der Waals surface area (Å²) in [5.74, 6) is -1.30. The van der Waals surface area contributed by atoms with Crippen molar-refractivity contribution in [3.63, 3.8) is 0 Å². The van der Waals surface area contributed by atoms with Crippen molar-refractivity contribution < 1.29 is 0 Å². The van der Waals surface area contributed by atoms with E-state index in [1.165, 1.54) is 83.5 Å². The molecule has 0 aliphatic rings. The Hall–Kier alpha value is -0.460. The van der Waals surface area contributed by atoms with E-state index in [-0.39, 0.29) is 0 Å². The fraction of sp³-hybridized carbons (Fsp3) is 0.905. The van der Waals surface area contributed by atoms with Crippen molar-refractivity contribution in [3.05, 3.63) is 12.2 Å². The molecule has 0 aliphatic heterocycles. The van der Waals surface area contributed by atoms with Crippen LogP contribution in [0.15, 0.2) is 12.2 Å². The first-order chi connectivity index (χ1) is 12.5. The molecule has 0 spiro atoms. The van der Waals surface area contributed by atoms with Gasteiger partial charge < -0.3 is 11.1 Å². The van der Waals surface area contributed by atoms with Crippen LogP contribution in [0, 0.1) is 0 Å². The summed E-state index contributed by atoms with van der Waals surface area (Å²) in [6.07, 6.45) is 23.3. The average molecular weight is 370 g/mol. The minimum absolute atomic E-state index is 0.420. The standard InChI is InChI=1S/C21H47N5/c1-2-3-4-5-6-7-8-9-10-11-12-13-14-15-16-17-18-26-19-20(22)21(23,24)25/h9-10,20,26H,2-8,11-19,22-25H2,1H3. The highest BCUT2D eigenvalue weighted by molar-refractivity contribution is 4.84. The number of nitrogens with two attached hydrogens (primary N) is 4. The van der Waals surface area contributed by atoms with Crippen LogP contribution >= 0.6 is 0 Å². The smallest absolute Gasteiger partial charge is 0.132 e. The number of hydrogen-bond acceptors (Lipinski definition) is 5. The Morgan fingerprint density at radius 2 is 1.19 bits per heavy atom. The SMILES string of the molecule is CCCCCCCCC=CCCCCCCCCNCC(N)C(N)(N)N. The molecule has 0 rings (SSSR count). The van der Waals surface area contributed by atoms with Gasteiger partial charge in [-0.05, 0) is 38.6 Å². The number of allylic oxidation sites excluding steroid dienone is 2. The molecule has 0 saturated carbocycles. The molecule has 0 amide bonds. The molecule has 1 atom stereocenters. The van der Waals surface area contributed by atoms with Crippen molar-refractivity contribution in [1.82, 2.24) is 5.32 Å². The normalized spacial score (nSPS) is 13.6. The van der Waals surface area contributed by atoms with Crippen LogP contribution in [0.1, 0.15) is 96.8 Å². The summed E-state index contributed by atoms with van der Waals surface area (Å²) in [7, 11) is 0. The van der Waals surface area contributed by atoms with E-state index in [1.54, 1.807) is 0 Å². The van der Waals surface area contributed by atoms with Crippen LogP contribution in [-0.2, 0) is 0 Å². The van der Waals surface area contributed by atoms with Crippen molar-refractivity contribution in [2.24, 2.45) is 22.9 Å². The molecule has 5 heteroatoms. The van der Waals surface area contributed by atoms with Gasteiger partial charge in [-0.25, -0.2) is 0 Å². The first kappa shape index (κ1) is 25.5. The monoisotopic (exact) mass is 369 g/mol. The lowest BCUT2D eigenvalue weighted by atomic mass is 10.1. The van der Waals surface area contributed by atoms with E-state index in [4.69, 9.17) is 22.9 Å². The zero-order valence-electron chi connectivity index (χ0n) is 17.4. The van der Waals surface area contributed by atoms with Crippen molar-refractivity contribution in [2.75, 3.05) is 13.1 Å². The Kier molecular flexibility index (Phi) is 17.6. The maximum absolute atomic E-state index is 5.78. The Labute approximate surface area is 162 Å². The van der Waals surface area contributed by atoms with E-state index in [2.05, 4.69) is 24.4 Å². The molecule has 0 saturated heterocycles. The molecule has 0 aromatic carbocycles. The Balaban J connectivity index is 3.18. The van der Waals surface area contributed by atoms with E-state index in [0.29, 0.717) is 6.54 Å². The summed E-state index contributed by atoms with van der Waals surface area (Å²) in [5.41, 5.74) is 22.4. The average Bonchev–Trinajstić information content (AvgIpc) is 2.59. The van der Waals surface area contributed by atoms with Crippen LogP contribution in [0.4, 0.5) is 0 Å². The van der Waals surface area contributed by atoms with Gasteiger partial charge >= 0.3 is 0 Å². The summed E-state index contributed by atoms with van der Waals surface area (Å²) < 4.78 is 0. The molecule has 0 bridgehead atoms. The van der Waals surface area contributed by atoms with Crippen molar-refractivity contribution >= 4 is 0 Å². The van der Waals surface area contributed by atoms with Gasteiger partial charge in [-0.15, -0.1) is 0 Å². The summed E-state index contributed by atoms with van der Waals surface area (Å²) in [6, 6.07) is -0.420. The Bertz CT molecular complexity index is 312. The maximum atomic E-state index is 5.78. The quantitative estimate of drug-likeness (QED) is 0.136. The molecule has 5 nitrogen and oxygen atoms in total. The topological polar surface area (TPSA) is 116 Å². The first-order valence-electron chi connectivity index (χ1n) is 11.0. The van der Waals surface area contributed by atoms with E-state index in [0.717, 1.165) is 13.0 Å². The number of rotatable bonds is 19. The number of nitrogens with one attached hydrogen (secondary N) is 1. The molecular weight excluding hydrogens is 322 g/mol. The van der Waals surface area contributed by atoms with Crippen molar-refractivity contribution in [3.8, 4) is 0 Å². The highest BCUT2D eigenvalue weighted by Gasteiger charge is 2.21. The highest BCUT2D eigenvalue weighted by Crippen LogP contribution is 2.09. The summed E-state index contributed by atoms with van der Waals surface area (Å²) >= 11 is 0. The van der Waals surface area contributed by atoms with Gasteiger partial charge in [-0.1, -0.05) is 76.9 Å². The zero-order chi connectivity index (χ0) is 19.5. The molecule has 0 heterocycles. The minimum Gasteiger partial charge on any atom is -0.323 e. The Morgan fingerprint density at radius 1 is 0.731 bits per heavy atom. The Morgan fingerprint density at radius 3 is 1.69 bits per heavy atom. The predicted molar refractivity (Wildman–Crippen MR) is 116 cm³/mol. The molecule has 9 N–H and O–H groups in total. The molecule has 1 unspecified atom stereocenters. The molecule has 26 heavy (non-hydrogen) atoms. The fourth-order valence-corrected chi connectivity index (χ4v) is 2.93. The summed E-state index contributed by atoms with van der Waals surface area (Å²) in [6.45, 7) is 3.79. The van der Waals surface area contributed by atoms with E-state index < -0.39 is 11.8 Å². The van der Waals surface area contributed by atoms with Gasteiger partial charge in [-0.2, -0.15) is 0 Å². The van der Waals surface area contributed by atoms with Crippen LogP contribution in [0.3, 0.4) is 0 Å². The molecule has 0 aliphatic carbocycles. The van der Waals surface area contributed by atoms with Crippen molar-refractivity contribution in [1.29, 1.82) is 0 Å². The van der Waals surface area contributed by atoms with Crippen molar-refractivity contribution in [2.45, 2.75) is 109 Å². The third kappa shape index (κ3) is 18.3. The van der Waals surface area contributed by atoms with Gasteiger partial charge in [0, 0.05) is 6.54 Å². The second kappa shape index (κ2) is 17.9. The van der Waals surface area contributed by atoms with Crippen LogP contribution in [0.25, 0.3) is 0 Å². The lowest BCUT2D eigenvalue weighted by molar-refractivity contribution is 0.352. The molecule has 0 radical (unpaired) electrons. The van der Waals surface area contributed by atoms with Gasteiger partial charge in [0.25, 0.3) is 0 Å². The van der Waals surface area contributed by atoms with Gasteiger partial charge in [0.15, 0.2) is 0 Å². The molecule has 156 valence electrons. The van der Waals surface area contributed by atoms with E-state index >= 15 is 0 Å². The lowest BCUT2D eigenvalue weighted by Crippen LogP contribution is -2.71. The molecule has 0 aromatic rings. The van der Waals surface area contributed by atoms with Gasteiger partial charge in [-0.3, -0.25) is 17.2 Å². The molecule has 0 fully saturated rings. The lowest BCUT2D eigenvalue weighted by Gasteiger charge is -2.26. The number of hydrogen-bond donors (Lipinski definition) is 5. The number of unbranched alkanes of at least 4 members (excludes halogenated alkanes) is 12. The van der Waals surface area contributed by atoms with Gasteiger partial charge in [0.2, 0.25) is 0 Å². The van der Waals surface area contributed by atoms with Gasteiger partial charge in [0.1, 0.15) is 5.79 Å². The highest BCUT2D eigenvalue weighted by atomic mass is 15.2.